The number of methoxy groups -OCH3 is 3. The number of anilines is 2. The highest BCUT2D eigenvalue weighted by Gasteiger charge is 2.30. The number of carbonyl (C=O) groups excluding carboxylic acids is 2. The van der Waals surface area contributed by atoms with Gasteiger partial charge < -0.3 is 30.2 Å². The van der Waals surface area contributed by atoms with Gasteiger partial charge in [-0.25, -0.2) is 0 Å². The molecule has 0 saturated heterocycles. The molecule has 0 aliphatic heterocycles. The summed E-state index contributed by atoms with van der Waals surface area (Å²) in [5, 5.41) is 13.3. The van der Waals surface area contributed by atoms with Crippen LogP contribution in [0.1, 0.15) is 50.8 Å². The first-order valence-electron chi connectivity index (χ1n) is 14.0. The quantitative estimate of drug-likeness (QED) is 0.329. The van der Waals surface area contributed by atoms with Crippen molar-refractivity contribution in [2.24, 2.45) is 13.0 Å². The lowest BCUT2D eigenvalue weighted by Gasteiger charge is -2.23. The average Bonchev–Trinajstić information content (AvgIpc) is 3.23. The molecule has 0 fully saturated rings. The van der Waals surface area contributed by atoms with Gasteiger partial charge in [0, 0.05) is 31.8 Å². The zero-order valence-corrected chi connectivity index (χ0v) is 25.2. The molecule has 1 aliphatic rings. The predicted octanol–water partition coefficient (Wildman–Crippen LogP) is 4.06. The fourth-order valence-corrected chi connectivity index (χ4v) is 5.38. The van der Waals surface area contributed by atoms with Gasteiger partial charge in [0.05, 0.1) is 33.1 Å². The summed E-state index contributed by atoms with van der Waals surface area (Å²) < 4.78 is 18.7. The Hall–Kier alpha value is -4.54. The Morgan fingerprint density at radius 2 is 1.83 bits per heavy atom. The summed E-state index contributed by atoms with van der Waals surface area (Å²) in [5.41, 5.74) is 2.98. The van der Waals surface area contributed by atoms with Crippen molar-refractivity contribution in [3.8, 4) is 28.4 Å². The highest BCUT2D eigenvalue weighted by molar-refractivity contribution is 5.96. The SMILES string of the molecule is CC[C@@H](C)[C@H](Nc1ccc2c(cc1=O)[C@@H](NC(C)=O)CCc1cc(OC)c(OC)c(OC)c1-2)C(=O)Nc1ccn(C)n1. The van der Waals surface area contributed by atoms with E-state index in [0.717, 1.165) is 11.1 Å². The Labute approximate surface area is 245 Å². The van der Waals surface area contributed by atoms with Gasteiger partial charge >= 0.3 is 0 Å². The molecule has 3 N–H and O–H groups in total. The standard InChI is InChI=1S/C31H39N5O6/c1-8-17(2)28(31(39)34-26-13-14-36(4)35-26)33-23-12-10-20-21(16-24(23)38)22(32-18(3)37)11-9-19-15-25(40-5)29(41-6)30(42-7)27(19)20/h10,12-17,22,28H,8-9,11H2,1-7H3,(H,32,37)(H,33,38)(H,34,35,39)/t17-,22+,28+/m1/s1. The van der Waals surface area contributed by atoms with Crippen LogP contribution in [-0.2, 0) is 23.1 Å². The third kappa shape index (κ3) is 6.19. The van der Waals surface area contributed by atoms with Gasteiger partial charge in [-0.1, -0.05) is 26.3 Å². The van der Waals surface area contributed by atoms with Crippen molar-refractivity contribution in [1.82, 2.24) is 15.1 Å². The van der Waals surface area contributed by atoms with Crippen molar-refractivity contribution in [2.75, 3.05) is 32.0 Å². The molecule has 0 bridgehead atoms. The fraction of sp³-hybridized carbons (Fsp3) is 0.419. The van der Waals surface area contributed by atoms with E-state index in [1.54, 1.807) is 44.3 Å². The second kappa shape index (κ2) is 13.0. The van der Waals surface area contributed by atoms with Gasteiger partial charge in [0.2, 0.25) is 23.0 Å². The molecule has 0 spiro atoms. The lowest BCUT2D eigenvalue weighted by atomic mass is 9.95. The van der Waals surface area contributed by atoms with Crippen molar-refractivity contribution in [3.05, 3.63) is 57.9 Å². The number of hydrogen-bond donors (Lipinski definition) is 3. The van der Waals surface area contributed by atoms with E-state index < -0.39 is 12.1 Å². The van der Waals surface area contributed by atoms with Gasteiger partial charge in [-0.15, -0.1) is 0 Å². The van der Waals surface area contributed by atoms with E-state index in [1.807, 2.05) is 26.0 Å². The van der Waals surface area contributed by atoms with Crippen LogP contribution in [-0.4, -0.2) is 49.0 Å². The molecule has 11 heteroatoms. The van der Waals surface area contributed by atoms with E-state index in [-0.39, 0.29) is 28.8 Å². The van der Waals surface area contributed by atoms with Crippen LogP contribution >= 0.6 is 0 Å². The van der Waals surface area contributed by atoms with E-state index in [2.05, 4.69) is 21.0 Å². The summed E-state index contributed by atoms with van der Waals surface area (Å²) in [5.74, 6) is 1.25. The number of carbonyl (C=O) groups is 2. The number of hydrogen-bond acceptors (Lipinski definition) is 8. The molecule has 1 heterocycles. The molecule has 2 aromatic carbocycles. The number of fused-ring (bicyclic) bond motifs is 3. The van der Waals surface area contributed by atoms with Gasteiger partial charge in [0.1, 0.15) is 6.04 Å². The van der Waals surface area contributed by atoms with Gasteiger partial charge in [-0.2, -0.15) is 5.10 Å². The number of benzene rings is 1. The number of rotatable bonds is 10. The van der Waals surface area contributed by atoms with Crippen molar-refractivity contribution in [3.63, 3.8) is 0 Å². The molecular formula is C31H39N5O6. The number of amides is 2. The first-order chi connectivity index (χ1) is 20.1. The molecule has 1 aliphatic carbocycles. The van der Waals surface area contributed by atoms with Gasteiger partial charge in [-0.05, 0) is 53.6 Å². The molecule has 0 saturated carbocycles. The number of aromatic nitrogens is 2. The highest BCUT2D eigenvalue weighted by atomic mass is 16.5. The number of nitrogens with one attached hydrogen (secondary N) is 3. The minimum Gasteiger partial charge on any atom is -0.493 e. The minimum atomic E-state index is -0.704. The third-order valence-electron chi connectivity index (χ3n) is 7.69. The van der Waals surface area contributed by atoms with Gasteiger partial charge in [0.15, 0.2) is 17.3 Å². The van der Waals surface area contributed by atoms with Crippen LogP contribution in [0.4, 0.5) is 11.5 Å². The van der Waals surface area contributed by atoms with Crippen LogP contribution in [0, 0.1) is 5.92 Å². The molecule has 11 nitrogen and oxygen atoms in total. The Kier molecular flexibility index (Phi) is 9.39. The molecule has 224 valence electrons. The number of nitrogens with zero attached hydrogens (tertiary/aromatic N) is 2. The second-order valence-electron chi connectivity index (χ2n) is 10.5. The molecule has 3 aromatic rings. The summed E-state index contributed by atoms with van der Waals surface area (Å²) >= 11 is 0. The van der Waals surface area contributed by atoms with Gasteiger partial charge in [-0.3, -0.25) is 19.1 Å². The summed E-state index contributed by atoms with van der Waals surface area (Å²) in [6.45, 7) is 5.39. The van der Waals surface area contributed by atoms with Crippen LogP contribution in [0.15, 0.2) is 41.3 Å². The molecule has 1 aromatic heterocycles. The van der Waals surface area contributed by atoms with Gasteiger partial charge in [0.25, 0.3) is 0 Å². The van der Waals surface area contributed by atoms with E-state index in [4.69, 9.17) is 14.2 Å². The molecule has 3 atom stereocenters. The topological polar surface area (TPSA) is 133 Å². The van der Waals surface area contributed by atoms with Crippen LogP contribution in [0.3, 0.4) is 0 Å². The minimum absolute atomic E-state index is 0.0962. The highest BCUT2D eigenvalue weighted by Crippen LogP contribution is 2.50. The molecule has 4 rings (SSSR count). The predicted molar refractivity (Wildman–Crippen MR) is 161 cm³/mol. The molecule has 42 heavy (non-hydrogen) atoms. The maximum atomic E-state index is 13.8. The summed E-state index contributed by atoms with van der Waals surface area (Å²) in [6, 6.07) is 7.52. The molecule has 0 radical (unpaired) electrons. The first kappa shape index (κ1) is 30.4. The summed E-state index contributed by atoms with van der Waals surface area (Å²) in [7, 11) is 6.43. The molecular weight excluding hydrogens is 538 g/mol. The lowest BCUT2D eigenvalue weighted by molar-refractivity contribution is -0.120. The monoisotopic (exact) mass is 577 g/mol. The van der Waals surface area contributed by atoms with Crippen LogP contribution < -0.4 is 35.6 Å². The Morgan fingerprint density at radius 3 is 2.43 bits per heavy atom. The van der Waals surface area contributed by atoms with E-state index in [9.17, 15) is 14.4 Å². The van der Waals surface area contributed by atoms with Crippen LogP contribution in [0.5, 0.6) is 17.2 Å². The van der Waals surface area contributed by atoms with E-state index in [0.29, 0.717) is 53.5 Å². The number of aryl methyl sites for hydroxylation is 2. The van der Waals surface area contributed by atoms with Crippen molar-refractivity contribution in [2.45, 2.75) is 52.1 Å². The third-order valence-corrected chi connectivity index (χ3v) is 7.69. The largest absolute Gasteiger partial charge is 0.493 e. The second-order valence-corrected chi connectivity index (χ2v) is 10.5. The Balaban J connectivity index is 1.87. The van der Waals surface area contributed by atoms with E-state index in [1.165, 1.54) is 20.1 Å². The maximum absolute atomic E-state index is 13.8. The first-order valence-corrected chi connectivity index (χ1v) is 14.0. The normalized spacial score (nSPS) is 15.3. The smallest absolute Gasteiger partial charge is 0.248 e. The number of ether oxygens (including phenoxy) is 3. The zero-order chi connectivity index (χ0) is 30.6. The fourth-order valence-electron chi connectivity index (χ4n) is 5.38. The average molecular weight is 578 g/mol. The van der Waals surface area contributed by atoms with Crippen molar-refractivity contribution in [1.29, 1.82) is 0 Å². The lowest BCUT2D eigenvalue weighted by Crippen LogP contribution is -2.40. The van der Waals surface area contributed by atoms with E-state index >= 15 is 0 Å². The summed E-state index contributed by atoms with van der Waals surface area (Å²) in [6.07, 6.45) is 3.59. The van der Waals surface area contributed by atoms with Crippen molar-refractivity contribution < 1.29 is 23.8 Å². The molecule has 2 amide bonds. The van der Waals surface area contributed by atoms with Crippen LogP contribution in [0.25, 0.3) is 11.1 Å². The van der Waals surface area contributed by atoms with Crippen molar-refractivity contribution >= 4 is 23.3 Å². The molecule has 0 unspecified atom stereocenters. The maximum Gasteiger partial charge on any atom is 0.248 e. The Morgan fingerprint density at radius 1 is 1.10 bits per heavy atom. The summed E-state index contributed by atoms with van der Waals surface area (Å²) in [4.78, 5) is 39.3. The zero-order valence-electron chi connectivity index (χ0n) is 25.2. The Bertz CT molecular complexity index is 1530. The van der Waals surface area contributed by atoms with Crippen LogP contribution in [0.2, 0.25) is 0 Å².